The first-order valence-electron chi connectivity index (χ1n) is 9.94. The van der Waals surface area contributed by atoms with Gasteiger partial charge in [-0.3, -0.25) is 9.59 Å². The highest BCUT2D eigenvalue weighted by Gasteiger charge is 2.17. The third-order valence-electron chi connectivity index (χ3n) is 5.04. The van der Waals surface area contributed by atoms with Crippen LogP contribution in [-0.2, 0) is 4.79 Å². The monoisotopic (exact) mass is 389 g/mol. The molecule has 0 radical (unpaired) electrons. The molecular formula is C25H27NO3. The Labute approximate surface area is 171 Å². The molecule has 0 saturated carbocycles. The Kier molecular flexibility index (Phi) is 6.32. The van der Waals surface area contributed by atoms with Gasteiger partial charge in [0.15, 0.2) is 12.9 Å². The molecule has 0 aliphatic carbocycles. The Morgan fingerprint density at radius 3 is 2.21 bits per heavy atom. The number of hydrogen-bond acceptors (Lipinski definition) is 3. The van der Waals surface area contributed by atoms with Crippen LogP contribution in [0.1, 0.15) is 61.0 Å². The summed E-state index contributed by atoms with van der Waals surface area (Å²) in [6, 6.07) is 17.4. The number of fused-ring (bicyclic) bond motifs is 1. The van der Waals surface area contributed by atoms with E-state index in [1.165, 1.54) is 0 Å². The number of aldehydes is 1. The number of ether oxygens (including phenoxy) is 1. The van der Waals surface area contributed by atoms with Gasteiger partial charge in [0.1, 0.15) is 5.75 Å². The lowest BCUT2D eigenvalue weighted by Crippen LogP contribution is -2.22. The lowest BCUT2D eigenvalue weighted by Gasteiger charge is -2.20. The van der Waals surface area contributed by atoms with Crippen molar-refractivity contribution in [2.45, 2.75) is 39.5 Å². The molecule has 0 aliphatic rings. The highest BCUT2D eigenvalue weighted by atomic mass is 16.5. The fourth-order valence-electron chi connectivity index (χ4n) is 3.54. The van der Waals surface area contributed by atoms with E-state index in [2.05, 4.69) is 33.0 Å². The van der Waals surface area contributed by atoms with Crippen molar-refractivity contribution in [3.8, 4) is 5.75 Å². The van der Waals surface area contributed by atoms with Crippen LogP contribution in [0, 0.1) is 0 Å². The number of carbonyl (C=O) groups excluding carboxylic acids is 2. The third-order valence-corrected chi connectivity index (χ3v) is 5.04. The number of benzene rings is 3. The summed E-state index contributed by atoms with van der Waals surface area (Å²) in [7, 11) is 0. The van der Waals surface area contributed by atoms with Gasteiger partial charge in [-0.25, -0.2) is 0 Å². The average Bonchev–Trinajstić information content (AvgIpc) is 2.71. The zero-order chi connectivity index (χ0) is 21.0. The fraction of sp³-hybridized carbons (Fsp3) is 0.280. The second kappa shape index (κ2) is 8.91. The molecule has 3 aromatic rings. The van der Waals surface area contributed by atoms with E-state index in [1.54, 1.807) is 6.07 Å². The molecule has 0 heterocycles. The molecule has 0 saturated heterocycles. The van der Waals surface area contributed by atoms with Crippen molar-refractivity contribution in [1.82, 2.24) is 0 Å². The predicted octanol–water partition coefficient (Wildman–Crippen LogP) is 5.92. The Morgan fingerprint density at radius 1 is 0.931 bits per heavy atom. The van der Waals surface area contributed by atoms with Gasteiger partial charge in [-0.05, 0) is 39.8 Å². The maximum Gasteiger partial charge on any atom is 0.262 e. The molecule has 4 nitrogen and oxygen atoms in total. The minimum atomic E-state index is -0.245. The van der Waals surface area contributed by atoms with E-state index in [1.807, 2.05) is 48.5 Å². The van der Waals surface area contributed by atoms with E-state index >= 15 is 0 Å². The van der Waals surface area contributed by atoms with Crippen LogP contribution in [0.25, 0.3) is 10.8 Å². The number of carbonyl (C=O) groups is 2. The summed E-state index contributed by atoms with van der Waals surface area (Å²) in [4.78, 5) is 24.3. The van der Waals surface area contributed by atoms with E-state index in [0.29, 0.717) is 11.3 Å². The zero-order valence-corrected chi connectivity index (χ0v) is 17.4. The molecule has 0 spiro atoms. The first-order valence-corrected chi connectivity index (χ1v) is 9.94. The molecule has 0 unspecified atom stereocenters. The normalized spacial score (nSPS) is 11.1. The second-order valence-corrected chi connectivity index (χ2v) is 7.77. The van der Waals surface area contributed by atoms with E-state index in [9.17, 15) is 9.59 Å². The van der Waals surface area contributed by atoms with Crippen molar-refractivity contribution in [3.63, 3.8) is 0 Å². The van der Waals surface area contributed by atoms with E-state index < -0.39 is 0 Å². The Morgan fingerprint density at radius 2 is 1.59 bits per heavy atom. The quantitative estimate of drug-likeness (QED) is 0.511. The van der Waals surface area contributed by atoms with E-state index in [0.717, 1.165) is 33.9 Å². The summed E-state index contributed by atoms with van der Waals surface area (Å²) in [5, 5.41) is 4.80. The molecule has 0 bridgehead atoms. The highest BCUT2D eigenvalue weighted by molar-refractivity contribution is 6.01. The van der Waals surface area contributed by atoms with Crippen LogP contribution in [0.3, 0.4) is 0 Å². The summed E-state index contributed by atoms with van der Waals surface area (Å²) in [6.07, 6.45) is 0.778. The maximum absolute atomic E-state index is 12.7. The lowest BCUT2D eigenvalue weighted by atomic mass is 9.92. The van der Waals surface area contributed by atoms with Crippen molar-refractivity contribution < 1.29 is 14.3 Å². The van der Waals surface area contributed by atoms with Crippen LogP contribution < -0.4 is 10.1 Å². The molecule has 0 aromatic heterocycles. The zero-order valence-electron chi connectivity index (χ0n) is 17.4. The van der Waals surface area contributed by atoms with Gasteiger partial charge in [0, 0.05) is 5.69 Å². The summed E-state index contributed by atoms with van der Waals surface area (Å²) in [5.74, 6) is 0.735. The molecule has 0 atom stereocenters. The van der Waals surface area contributed by atoms with Crippen LogP contribution in [0.2, 0.25) is 0 Å². The van der Waals surface area contributed by atoms with Gasteiger partial charge in [0.25, 0.3) is 5.91 Å². The minimum absolute atomic E-state index is 0.164. The number of nitrogens with one attached hydrogen (secondary N) is 1. The minimum Gasteiger partial charge on any atom is -0.483 e. The Hall–Kier alpha value is -3.14. The number of rotatable bonds is 7. The number of hydrogen-bond donors (Lipinski definition) is 1. The predicted molar refractivity (Wildman–Crippen MR) is 118 cm³/mol. The first-order chi connectivity index (χ1) is 13.9. The molecule has 0 aliphatic heterocycles. The average molecular weight is 389 g/mol. The molecule has 4 heteroatoms. The summed E-state index contributed by atoms with van der Waals surface area (Å²) >= 11 is 0. The lowest BCUT2D eigenvalue weighted by molar-refractivity contribution is -0.118. The van der Waals surface area contributed by atoms with E-state index in [-0.39, 0.29) is 24.3 Å². The number of anilines is 1. The molecule has 150 valence electrons. The van der Waals surface area contributed by atoms with E-state index in [4.69, 9.17) is 4.74 Å². The molecule has 3 aromatic carbocycles. The highest BCUT2D eigenvalue weighted by Crippen LogP contribution is 2.32. The van der Waals surface area contributed by atoms with Crippen LogP contribution in [0.4, 0.5) is 5.69 Å². The van der Waals surface area contributed by atoms with Gasteiger partial charge in [-0.1, -0.05) is 76.2 Å². The van der Waals surface area contributed by atoms with Crippen molar-refractivity contribution >= 4 is 28.7 Å². The molecule has 29 heavy (non-hydrogen) atoms. The van der Waals surface area contributed by atoms with Gasteiger partial charge in [0.2, 0.25) is 0 Å². The largest absolute Gasteiger partial charge is 0.483 e. The Balaban J connectivity index is 1.81. The maximum atomic E-state index is 12.7. The van der Waals surface area contributed by atoms with Crippen LogP contribution in [0.15, 0.2) is 54.6 Å². The van der Waals surface area contributed by atoms with Crippen molar-refractivity contribution in [1.29, 1.82) is 0 Å². The second-order valence-electron chi connectivity index (χ2n) is 7.77. The topological polar surface area (TPSA) is 55.4 Å². The third kappa shape index (κ3) is 4.48. The fourth-order valence-corrected chi connectivity index (χ4v) is 3.54. The summed E-state index contributed by atoms with van der Waals surface area (Å²) in [6.45, 7) is 8.27. The first kappa shape index (κ1) is 20.6. The SMILES string of the molecule is CC(C)c1cccc(C(C)C)c1NC(=O)COc1ccc2ccccc2c1C=O. The van der Waals surface area contributed by atoms with Crippen LogP contribution in [-0.4, -0.2) is 18.8 Å². The van der Waals surface area contributed by atoms with Gasteiger partial charge in [0.05, 0.1) is 5.56 Å². The van der Waals surface area contributed by atoms with Crippen molar-refractivity contribution in [2.75, 3.05) is 11.9 Å². The summed E-state index contributed by atoms with van der Waals surface area (Å²) in [5.41, 5.74) is 3.52. The number of para-hydroxylation sites is 1. The standard InChI is InChI=1S/C25H27NO3/c1-16(2)19-10-7-11-20(17(3)4)25(19)26-24(28)15-29-23-13-12-18-8-5-6-9-21(18)22(23)14-27/h5-14,16-17H,15H2,1-4H3,(H,26,28). The molecule has 1 N–H and O–H groups in total. The molecule has 0 fully saturated rings. The van der Waals surface area contributed by atoms with Crippen LogP contribution in [0.5, 0.6) is 5.75 Å². The van der Waals surface area contributed by atoms with Crippen molar-refractivity contribution in [3.05, 3.63) is 71.3 Å². The van der Waals surface area contributed by atoms with Gasteiger partial charge < -0.3 is 10.1 Å². The molecule has 1 amide bonds. The van der Waals surface area contributed by atoms with Gasteiger partial charge in [-0.15, -0.1) is 0 Å². The van der Waals surface area contributed by atoms with Crippen molar-refractivity contribution in [2.24, 2.45) is 0 Å². The van der Waals surface area contributed by atoms with Crippen LogP contribution >= 0.6 is 0 Å². The molecule has 3 rings (SSSR count). The number of amides is 1. The molecular weight excluding hydrogens is 362 g/mol. The Bertz CT molecular complexity index is 1010. The van der Waals surface area contributed by atoms with Gasteiger partial charge >= 0.3 is 0 Å². The smallest absolute Gasteiger partial charge is 0.262 e. The van der Waals surface area contributed by atoms with Gasteiger partial charge in [-0.2, -0.15) is 0 Å². The summed E-state index contributed by atoms with van der Waals surface area (Å²) < 4.78 is 5.73.